The van der Waals surface area contributed by atoms with Gasteiger partial charge < -0.3 is 4.90 Å². The van der Waals surface area contributed by atoms with Crippen LogP contribution in [0.4, 0.5) is 11.5 Å². The summed E-state index contributed by atoms with van der Waals surface area (Å²) >= 11 is 12.0. The van der Waals surface area contributed by atoms with Gasteiger partial charge in [0.15, 0.2) is 0 Å². The molecule has 27 heavy (non-hydrogen) atoms. The molecule has 0 aliphatic carbocycles. The zero-order chi connectivity index (χ0) is 19.9. The van der Waals surface area contributed by atoms with Crippen molar-refractivity contribution in [3.05, 3.63) is 44.1 Å². The van der Waals surface area contributed by atoms with Crippen molar-refractivity contribution in [2.24, 2.45) is 7.05 Å². The molecule has 2 heterocycles. The molecular weight excluding hydrogens is 417 g/mol. The van der Waals surface area contributed by atoms with Gasteiger partial charge >= 0.3 is 5.69 Å². The number of halogens is 2. The molecule has 0 radical (unpaired) electrons. The van der Waals surface area contributed by atoms with Gasteiger partial charge in [-0.25, -0.2) is 13.1 Å². The quantitative estimate of drug-likeness (QED) is 0.541. The summed E-state index contributed by atoms with van der Waals surface area (Å²) in [5, 5.41) is 15.9. The molecule has 12 heteroatoms. The SMILES string of the molecule is Cc1nn(C)c(N2CCN(S(=O)(=O)c3cc(Cl)ccc3Cl)CC2)c1[N+](=O)[O-]. The van der Waals surface area contributed by atoms with E-state index in [9.17, 15) is 18.5 Å². The minimum absolute atomic E-state index is 0.0486. The van der Waals surface area contributed by atoms with Crippen molar-refractivity contribution < 1.29 is 13.3 Å². The molecule has 1 aromatic heterocycles. The highest BCUT2D eigenvalue weighted by Gasteiger charge is 2.34. The Hall–Kier alpha value is -1.88. The first kappa shape index (κ1) is 19.9. The Labute approximate surface area is 166 Å². The number of nitrogens with zero attached hydrogens (tertiary/aromatic N) is 5. The molecule has 0 saturated carbocycles. The summed E-state index contributed by atoms with van der Waals surface area (Å²) in [7, 11) is -2.19. The van der Waals surface area contributed by atoms with E-state index in [1.165, 1.54) is 27.2 Å². The van der Waals surface area contributed by atoms with Crippen LogP contribution in [0.3, 0.4) is 0 Å². The second-order valence-electron chi connectivity index (χ2n) is 6.10. The van der Waals surface area contributed by atoms with E-state index in [1.54, 1.807) is 18.9 Å². The number of nitro groups is 1. The Kier molecular flexibility index (Phi) is 5.35. The van der Waals surface area contributed by atoms with Crippen LogP contribution in [-0.2, 0) is 17.1 Å². The maximum atomic E-state index is 12.9. The molecule has 146 valence electrons. The number of hydrogen-bond acceptors (Lipinski definition) is 6. The Morgan fingerprint density at radius 1 is 1.19 bits per heavy atom. The fourth-order valence-electron chi connectivity index (χ4n) is 3.16. The maximum absolute atomic E-state index is 12.9. The smallest absolute Gasteiger partial charge is 0.333 e. The Morgan fingerprint density at radius 2 is 1.81 bits per heavy atom. The maximum Gasteiger partial charge on any atom is 0.333 e. The Bertz CT molecular complexity index is 1000. The van der Waals surface area contributed by atoms with E-state index in [-0.39, 0.29) is 46.8 Å². The number of aromatic nitrogens is 2. The molecule has 1 aliphatic rings. The highest BCUT2D eigenvalue weighted by atomic mass is 35.5. The van der Waals surface area contributed by atoms with E-state index in [4.69, 9.17) is 23.2 Å². The van der Waals surface area contributed by atoms with Gasteiger partial charge in [-0.05, 0) is 25.1 Å². The number of anilines is 1. The van der Waals surface area contributed by atoms with Gasteiger partial charge in [-0.15, -0.1) is 0 Å². The number of piperazine rings is 1. The molecule has 3 rings (SSSR count). The monoisotopic (exact) mass is 433 g/mol. The number of rotatable bonds is 4. The molecule has 1 aliphatic heterocycles. The van der Waals surface area contributed by atoms with Gasteiger partial charge in [0.1, 0.15) is 10.6 Å². The van der Waals surface area contributed by atoms with Crippen molar-refractivity contribution in [3.63, 3.8) is 0 Å². The first-order valence-electron chi connectivity index (χ1n) is 8.01. The zero-order valence-corrected chi connectivity index (χ0v) is 16.9. The van der Waals surface area contributed by atoms with Crippen molar-refractivity contribution in [1.29, 1.82) is 0 Å². The van der Waals surface area contributed by atoms with Crippen molar-refractivity contribution >= 4 is 44.7 Å². The molecular formula is C15H17Cl2N5O4S. The van der Waals surface area contributed by atoms with Gasteiger partial charge in [-0.1, -0.05) is 23.2 Å². The normalized spacial score (nSPS) is 15.9. The Morgan fingerprint density at radius 3 is 2.41 bits per heavy atom. The second kappa shape index (κ2) is 7.27. The van der Waals surface area contributed by atoms with Crippen molar-refractivity contribution in [2.75, 3.05) is 31.1 Å². The summed E-state index contributed by atoms with van der Waals surface area (Å²) in [6, 6.07) is 4.28. The lowest BCUT2D eigenvalue weighted by Crippen LogP contribution is -2.49. The average Bonchev–Trinajstić information content (AvgIpc) is 2.91. The van der Waals surface area contributed by atoms with Gasteiger partial charge in [0, 0.05) is 38.2 Å². The summed E-state index contributed by atoms with van der Waals surface area (Å²) in [6.45, 7) is 2.47. The number of hydrogen-bond donors (Lipinski definition) is 0. The lowest BCUT2D eigenvalue weighted by molar-refractivity contribution is -0.384. The number of aryl methyl sites for hydroxylation is 2. The first-order chi connectivity index (χ1) is 12.6. The van der Waals surface area contributed by atoms with E-state index >= 15 is 0 Å². The van der Waals surface area contributed by atoms with Crippen molar-refractivity contribution in [1.82, 2.24) is 14.1 Å². The topological polar surface area (TPSA) is 102 Å². The van der Waals surface area contributed by atoms with E-state index < -0.39 is 14.9 Å². The van der Waals surface area contributed by atoms with Gasteiger partial charge in [-0.2, -0.15) is 9.40 Å². The van der Waals surface area contributed by atoms with Gasteiger partial charge in [0.05, 0.1) is 9.95 Å². The summed E-state index contributed by atoms with van der Waals surface area (Å²) in [5.41, 5.74) is 0.255. The van der Waals surface area contributed by atoms with Crippen molar-refractivity contribution in [3.8, 4) is 0 Å². The van der Waals surface area contributed by atoms with Gasteiger partial charge in [0.2, 0.25) is 15.8 Å². The third kappa shape index (κ3) is 3.62. The average molecular weight is 434 g/mol. The minimum atomic E-state index is -3.82. The van der Waals surface area contributed by atoms with E-state index in [0.29, 0.717) is 11.5 Å². The molecule has 1 saturated heterocycles. The lowest BCUT2D eigenvalue weighted by Gasteiger charge is -2.34. The summed E-state index contributed by atoms with van der Waals surface area (Å²) < 4.78 is 28.5. The summed E-state index contributed by atoms with van der Waals surface area (Å²) in [5.74, 6) is 0.371. The Balaban J connectivity index is 1.84. The molecule has 0 spiro atoms. The molecule has 1 fully saturated rings. The van der Waals surface area contributed by atoms with Gasteiger partial charge in [-0.3, -0.25) is 10.1 Å². The van der Waals surface area contributed by atoms with Crippen LogP contribution < -0.4 is 4.90 Å². The van der Waals surface area contributed by atoms with Crippen LogP contribution in [0.25, 0.3) is 0 Å². The molecule has 1 aromatic carbocycles. The summed E-state index contributed by atoms with van der Waals surface area (Å²) in [4.78, 5) is 12.6. The number of benzene rings is 1. The predicted octanol–water partition coefficient (Wildman–Crippen LogP) is 2.45. The second-order valence-corrected chi connectivity index (χ2v) is 8.85. The fourth-order valence-corrected chi connectivity index (χ4v) is 5.32. The van der Waals surface area contributed by atoms with Gasteiger partial charge in [0.25, 0.3) is 0 Å². The van der Waals surface area contributed by atoms with Crippen LogP contribution in [0.1, 0.15) is 5.69 Å². The minimum Gasteiger partial charge on any atom is -0.348 e. The van der Waals surface area contributed by atoms with Crippen LogP contribution in [0.5, 0.6) is 0 Å². The molecule has 2 aromatic rings. The van der Waals surface area contributed by atoms with E-state index in [0.717, 1.165) is 0 Å². The van der Waals surface area contributed by atoms with E-state index in [2.05, 4.69) is 5.10 Å². The third-order valence-electron chi connectivity index (χ3n) is 4.39. The van der Waals surface area contributed by atoms with Crippen LogP contribution in [0.2, 0.25) is 10.0 Å². The van der Waals surface area contributed by atoms with Crippen LogP contribution in [-0.4, -0.2) is 53.6 Å². The van der Waals surface area contributed by atoms with Crippen LogP contribution in [0, 0.1) is 17.0 Å². The highest BCUT2D eigenvalue weighted by Crippen LogP contribution is 2.33. The molecule has 0 bridgehead atoms. The number of sulfonamides is 1. The largest absolute Gasteiger partial charge is 0.348 e. The fraction of sp³-hybridized carbons (Fsp3) is 0.400. The van der Waals surface area contributed by atoms with E-state index in [1.807, 2.05) is 0 Å². The molecule has 0 unspecified atom stereocenters. The molecule has 9 nitrogen and oxygen atoms in total. The van der Waals surface area contributed by atoms with Crippen LogP contribution in [0.15, 0.2) is 23.1 Å². The van der Waals surface area contributed by atoms with Crippen molar-refractivity contribution in [2.45, 2.75) is 11.8 Å². The van der Waals surface area contributed by atoms with Crippen LogP contribution >= 0.6 is 23.2 Å². The molecule has 0 N–H and O–H groups in total. The lowest BCUT2D eigenvalue weighted by atomic mass is 10.3. The first-order valence-corrected chi connectivity index (χ1v) is 10.2. The predicted molar refractivity (Wildman–Crippen MR) is 102 cm³/mol. The zero-order valence-electron chi connectivity index (χ0n) is 14.6. The summed E-state index contributed by atoms with van der Waals surface area (Å²) in [6.07, 6.45) is 0. The third-order valence-corrected chi connectivity index (χ3v) is 7.01. The molecule has 0 atom stereocenters. The standard InChI is InChI=1S/C15H17Cl2N5O4S/c1-10-14(22(23)24)15(19(2)18-10)20-5-7-21(8-6-20)27(25,26)13-9-11(16)3-4-12(13)17/h3-4,9H,5-8H2,1-2H3. The highest BCUT2D eigenvalue weighted by molar-refractivity contribution is 7.89. The molecule has 0 amide bonds.